The molecule has 1 amide bonds. The Kier molecular flexibility index (Phi) is 6.88. The Labute approximate surface area is 234 Å². The number of aromatic amines is 1. The van der Waals surface area contributed by atoms with Crippen LogP contribution >= 0.6 is 0 Å². The van der Waals surface area contributed by atoms with Gasteiger partial charge in [0.1, 0.15) is 17.8 Å². The minimum Gasteiger partial charge on any atom is -0.360 e. The smallest absolute Gasteiger partial charge is 0.274 e. The largest absolute Gasteiger partial charge is 0.360 e. The molecule has 0 radical (unpaired) electrons. The van der Waals surface area contributed by atoms with E-state index < -0.39 is 0 Å². The molecule has 1 saturated heterocycles. The first-order chi connectivity index (χ1) is 19.4. The van der Waals surface area contributed by atoms with Crippen LogP contribution in [0.1, 0.15) is 79.4 Å². The van der Waals surface area contributed by atoms with Crippen molar-refractivity contribution < 1.29 is 4.79 Å². The van der Waals surface area contributed by atoms with E-state index in [2.05, 4.69) is 51.4 Å². The molecule has 40 heavy (non-hydrogen) atoms. The molecule has 6 rings (SSSR count). The maximum Gasteiger partial charge on any atom is 0.274 e. The normalized spacial score (nSPS) is 23.9. The van der Waals surface area contributed by atoms with Crippen LogP contribution in [0.15, 0.2) is 48.9 Å². The summed E-state index contributed by atoms with van der Waals surface area (Å²) in [6.45, 7) is 6.66. The molecule has 0 spiro atoms. The van der Waals surface area contributed by atoms with Gasteiger partial charge in [0.25, 0.3) is 5.91 Å². The van der Waals surface area contributed by atoms with E-state index in [1.807, 2.05) is 48.1 Å². The summed E-state index contributed by atoms with van der Waals surface area (Å²) >= 11 is 0. The third-order valence-corrected chi connectivity index (χ3v) is 8.93. The van der Waals surface area contributed by atoms with Crippen LogP contribution in [-0.4, -0.2) is 48.6 Å². The number of hydrogen-bond acceptors (Lipinski definition) is 6. The van der Waals surface area contributed by atoms with Gasteiger partial charge < -0.3 is 14.9 Å². The zero-order chi connectivity index (χ0) is 27.9. The lowest BCUT2D eigenvalue weighted by atomic mass is 9.57. The highest BCUT2D eigenvalue weighted by Crippen LogP contribution is 2.53. The highest BCUT2D eigenvalue weighted by atomic mass is 16.1. The first-order valence-electron chi connectivity index (χ1n) is 14.2. The monoisotopic (exact) mass is 536 g/mol. The van der Waals surface area contributed by atoms with Gasteiger partial charge in [0, 0.05) is 37.9 Å². The van der Waals surface area contributed by atoms with Crippen LogP contribution in [0, 0.1) is 23.2 Å². The summed E-state index contributed by atoms with van der Waals surface area (Å²) in [5.74, 6) is 1.64. The number of aromatic nitrogens is 5. The van der Waals surface area contributed by atoms with Crippen molar-refractivity contribution in [3.63, 3.8) is 0 Å². The summed E-state index contributed by atoms with van der Waals surface area (Å²) in [5, 5.41) is 20.9. The molecule has 1 aliphatic carbocycles. The van der Waals surface area contributed by atoms with E-state index in [0.29, 0.717) is 29.6 Å². The van der Waals surface area contributed by atoms with E-state index >= 15 is 0 Å². The number of nitrogens with zero attached hydrogens (tertiary/aromatic N) is 6. The number of carbonyl (C=O) groups excluding carboxylic acids is 1. The summed E-state index contributed by atoms with van der Waals surface area (Å²) in [6.07, 6.45) is 8.25. The Balaban J connectivity index is 1.28. The number of aryl methyl sites for hydroxylation is 1. The fraction of sp³-hybridized carbons (Fsp3) is 0.452. The van der Waals surface area contributed by atoms with Crippen molar-refractivity contribution in [2.45, 2.75) is 57.4 Å². The molecule has 2 N–H and O–H groups in total. The molecule has 1 saturated carbocycles. The zero-order valence-electron chi connectivity index (χ0n) is 23.4. The van der Waals surface area contributed by atoms with E-state index in [-0.39, 0.29) is 17.4 Å². The number of piperidine rings is 1. The number of carbonyl (C=O) groups is 1. The van der Waals surface area contributed by atoms with Gasteiger partial charge in [-0.3, -0.25) is 9.69 Å². The first-order valence-corrected chi connectivity index (χ1v) is 14.2. The highest BCUT2D eigenvalue weighted by Gasteiger charge is 2.49. The molecule has 9 heteroatoms. The first kappa shape index (κ1) is 26.2. The minimum absolute atomic E-state index is 0.174. The molecule has 0 bridgehead atoms. The second-order valence-electron chi connectivity index (χ2n) is 11.8. The van der Waals surface area contributed by atoms with Gasteiger partial charge in [0.05, 0.1) is 22.5 Å². The third-order valence-electron chi connectivity index (χ3n) is 8.93. The highest BCUT2D eigenvalue weighted by molar-refractivity contribution is 6.04. The number of nitriles is 1. The van der Waals surface area contributed by atoms with Crippen LogP contribution in [0.5, 0.6) is 0 Å². The van der Waals surface area contributed by atoms with Gasteiger partial charge >= 0.3 is 0 Å². The molecular weight excluding hydrogens is 500 g/mol. The number of benzene rings is 1. The lowest BCUT2D eigenvalue weighted by Crippen LogP contribution is -2.44. The lowest BCUT2D eigenvalue weighted by Gasteiger charge is -2.46. The SMILES string of the molecule is C[C@H]1CCCN([C@@H](C)c2cc(C(=O)Nc3cccc(C4(c5nncn5C)CC(CC#N)C4)c3)nc3cc[nH]c23)C1. The summed E-state index contributed by atoms with van der Waals surface area (Å²) < 4.78 is 1.95. The predicted octanol–water partition coefficient (Wildman–Crippen LogP) is 5.35. The number of nitrogens with one attached hydrogen (secondary N) is 2. The van der Waals surface area contributed by atoms with Gasteiger partial charge in [-0.25, -0.2) is 4.98 Å². The maximum absolute atomic E-state index is 13.6. The summed E-state index contributed by atoms with van der Waals surface area (Å²) in [4.78, 5) is 24.2. The van der Waals surface area contributed by atoms with E-state index in [0.717, 1.165) is 53.9 Å². The van der Waals surface area contributed by atoms with E-state index in [9.17, 15) is 10.1 Å². The average Bonchev–Trinajstić information content (AvgIpc) is 3.59. The van der Waals surface area contributed by atoms with Crippen molar-refractivity contribution in [3.8, 4) is 6.07 Å². The molecule has 1 aliphatic heterocycles. The van der Waals surface area contributed by atoms with Gasteiger partial charge in [0.15, 0.2) is 0 Å². The Bertz CT molecular complexity index is 1570. The number of hydrogen-bond donors (Lipinski definition) is 2. The Morgan fingerprint density at radius 1 is 1.30 bits per heavy atom. The number of pyridine rings is 1. The third kappa shape index (κ3) is 4.66. The average molecular weight is 537 g/mol. The molecule has 0 unspecified atom stereocenters. The van der Waals surface area contributed by atoms with Gasteiger partial charge in [-0.05, 0) is 86.4 Å². The van der Waals surface area contributed by atoms with Crippen molar-refractivity contribution in [2.24, 2.45) is 18.9 Å². The van der Waals surface area contributed by atoms with Crippen molar-refractivity contribution >= 4 is 22.6 Å². The van der Waals surface area contributed by atoms with Crippen molar-refractivity contribution in [1.29, 1.82) is 5.26 Å². The molecule has 2 aliphatic rings. The number of likely N-dealkylation sites (tertiary alicyclic amines) is 1. The van der Waals surface area contributed by atoms with Crippen molar-refractivity contribution in [3.05, 3.63) is 71.6 Å². The van der Waals surface area contributed by atoms with Crippen LogP contribution in [0.25, 0.3) is 11.0 Å². The van der Waals surface area contributed by atoms with Crippen LogP contribution in [-0.2, 0) is 12.5 Å². The predicted molar refractivity (Wildman–Crippen MR) is 154 cm³/mol. The van der Waals surface area contributed by atoms with Gasteiger partial charge in [-0.1, -0.05) is 19.1 Å². The number of amides is 1. The Morgan fingerprint density at radius 2 is 2.15 bits per heavy atom. The zero-order valence-corrected chi connectivity index (χ0v) is 23.4. The quantitative estimate of drug-likeness (QED) is 0.329. The Hall–Kier alpha value is -4.03. The van der Waals surface area contributed by atoms with Crippen molar-refractivity contribution in [2.75, 3.05) is 18.4 Å². The van der Waals surface area contributed by atoms with Crippen molar-refractivity contribution in [1.82, 2.24) is 29.6 Å². The molecule has 2 atom stereocenters. The fourth-order valence-corrected chi connectivity index (χ4v) is 6.84. The number of fused-ring (bicyclic) bond motifs is 1. The van der Waals surface area contributed by atoms with Gasteiger partial charge in [-0.15, -0.1) is 10.2 Å². The second-order valence-corrected chi connectivity index (χ2v) is 11.8. The fourth-order valence-electron chi connectivity index (χ4n) is 6.84. The van der Waals surface area contributed by atoms with E-state index in [1.54, 1.807) is 6.33 Å². The number of H-pyrrole nitrogens is 1. The standard InChI is InChI=1S/C31H36N8O/c1-20-6-5-13-39(18-20)21(2)25-15-27(36-26-10-12-33-28(25)26)29(40)35-24-8-4-7-23(14-24)31(16-22(17-31)9-11-32)30-37-34-19-38(30)3/h4,7-8,10,12,14-15,19-22,33H,5-6,9,13,16-18H2,1-3H3,(H,35,40)/t20-,21-,22?,31?/m0/s1. The number of anilines is 1. The molecular formula is C31H36N8O. The molecule has 206 valence electrons. The molecule has 9 nitrogen and oxygen atoms in total. The molecule has 4 aromatic rings. The Morgan fingerprint density at radius 3 is 2.90 bits per heavy atom. The molecule has 2 fully saturated rings. The van der Waals surface area contributed by atoms with Crippen LogP contribution in [0.3, 0.4) is 0 Å². The molecule has 3 aromatic heterocycles. The summed E-state index contributed by atoms with van der Waals surface area (Å²) in [7, 11) is 1.95. The molecule has 4 heterocycles. The van der Waals surface area contributed by atoms with E-state index in [1.165, 1.54) is 12.8 Å². The van der Waals surface area contributed by atoms with Gasteiger partial charge in [0.2, 0.25) is 0 Å². The van der Waals surface area contributed by atoms with Crippen LogP contribution < -0.4 is 5.32 Å². The molecule has 1 aromatic carbocycles. The van der Waals surface area contributed by atoms with Gasteiger partial charge in [-0.2, -0.15) is 5.26 Å². The second kappa shape index (κ2) is 10.5. The summed E-state index contributed by atoms with van der Waals surface area (Å²) in [5.41, 5.74) is 4.75. The number of rotatable bonds is 7. The van der Waals surface area contributed by atoms with Crippen LogP contribution in [0.2, 0.25) is 0 Å². The van der Waals surface area contributed by atoms with Crippen LogP contribution in [0.4, 0.5) is 5.69 Å². The summed E-state index contributed by atoms with van der Waals surface area (Å²) in [6, 6.07) is 14.3. The maximum atomic E-state index is 13.6. The topological polar surface area (TPSA) is 116 Å². The van der Waals surface area contributed by atoms with E-state index in [4.69, 9.17) is 4.98 Å². The minimum atomic E-state index is -0.329. The lowest BCUT2D eigenvalue weighted by molar-refractivity contribution is 0.102.